The first-order valence-corrected chi connectivity index (χ1v) is 9.88. The summed E-state index contributed by atoms with van der Waals surface area (Å²) in [6.07, 6.45) is 0. The van der Waals surface area contributed by atoms with E-state index < -0.39 is 0 Å². The van der Waals surface area contributed by atoms with Gasteiger partial charge in [0.15, 0.2) is 0 Å². The van der Waals surface area contributed by atoms with Crippen molar-refractivity contribution >= 4 is 0 Å². The quantitative estimate of drug-likeness (QED) is 0.385. The minimum absolute atomic E-state index is 0.151. The average Bonchev–Trinajstić information content (AvgIpc) is 2.76. The Balaban J connectivity index is 2.02. The molecule has 0 aliphatic carbocycles. The lowest BCUT2D eigenvalue weighted by molar-refractivity contribution is 0.460. The van der Waals surface area contributed by atoms with Gasteiger partial charge in [0.25, 0.3) is 0 Å². The molecule has 0 saturated heterocycles. The molecule has 4 rings (SSSR count). The van der Waals surface area contributed by atoms with E-state index in [-0.39, 0.29) is 11.7 Å². The van der Waals surface area contributed by atoms with Gasteiger partial charge in [0.2, 0.25) is 0 Å². The molecule has 0 atom stereocenters. The van der Waals surface area contributed by atoms with Gasteiger partial charge in [-0.15, -0.1) is 0 Å². The van der Waals surface area contributed by atoms with Crippen LogP contribution in [0.4, 0.5) is 0 Å². The van der Waals surface area contributed by atoms with Crippen LogP contribution in [0.5, 0.6) is 17.2 Å². The lowest BCUT2D eigenvalue weighted by atomic mass is 9.87. The molecule has 1 N–H and O–H groups in total. The molecule has 0 aliphatic rings. The number of phenols is 1. The minimum Gasteiger partial charge on any atom is -0.507 e. The van der Waals surface area contributed by atoms with Crippen LogP contribution in [0.2, 0.25) is 0 Å². The predicted octanol–water partition coefficient (Wildman–Crippen LogP) is 7.64. The Bertz CT molecular complexity index is 1090. The van der Waals surface area contributed by atoms with Crippen molar-refractivity contribution in [1.82, 2.24) is 0 Å². The second-order valence-electron chi connectivity index (χ2n) is 7.36. The van der Waals surface area contributed by atoms with Crippen LogP contribution in [0.15, 0.2) is 97.1 Å². The normalized spacial score (nSPS) is 10.9. The van der Waals surface area contributed by atoms with Gasteiger partial charge in [-0.05, 0) is 35.2 Å². The third-order valence-electron chi connectivity index (χ3n) is 4.98. The van der Waals surface area contributed by atoms with Crippen molar-refractivity contribution in [1.29, 1.82) is 0 Å². The molecule has 0 bridgehead atoms. The summed E-state index contributed by atoms with van der Waals surface area (Å²) in [5, 5.41) is 11.1. The van der Waals surface area contributed by atoms with E-state index in [1.165, 1.54) is 0 Å². The summed E-state index contributed by atoms with van der Waals surface area (Å²) in [6, 6.07) is 31.7. The third-order valence-corrected chi connectivity index (χ3v) is 4.98. The molecular weight excluding hydrogens is 356 g/mol. The maximum atomic E-state index is 11.1. The van der Waals surface area contributed by atoms with Crippen LogP contribution >= 0.6 is 0 Å². The number of hydrogen-bond acceptors (Lipinski definition) is 2. The summed E-state index contributed by atoms with van der Waals surface area (Å²) in [4.78, 5) is 0. The summed E-state index contributed by atoms with van der Waals surface area (Å²) in [5.74, 6) is 1.97. The number of ether oxygens (including phenoxy) is 1. The number of para-hydroxylation sites is 1. The first-order chi connectivity index (χ1) is 14.1. The summed E-state index contributed by atoms with van der Waals surface area (Å²) in [7, 11) is 0. The van der Waals surface area contributed by atoms with Crippen LogP contribution in [0, 0.1) is 0 Å². The highest BCUT2D eigenvalue weighted by molar-refractivity contribution is 5.85. The molecule has 0 fully saturated rings. The molecule has 0 unspecified atom stereocenters. The maximum absolute atomic E-state index is 11.1. The molecule has 4 aromatic rings. The highest BCUT2D eigenvalue weighted by atomic mass is 16.5. The van der Waals surface area contributed by atoms with E-state index in [1.807, 2.05) is 97.1 Å². The monoisotopic (exact) mass is 380 g/mol. The standard InChI is InChI=1S/C27H24O2/c1-19(2)25-26(21-14-8-4-9-15-21)24(28)18-23(20-12-6-3-7-13-20)27(25)29-22-16-10-5-11-17-22/h3-19,28H,1-2H3. The number of rotatable bonds is 5. The summed E-state index contributed by atoms with van der Waals surface area (Å²) < 4.78 is 6.46. The lowest BCUT2D eigenvalue weighted by Crippen LogP contribution is -2.01. The van der Waals surface area contributed by atoms with Crippen LogP contribution in [0.25, 0.3) is 22.3 Å². The molecule has 144 valence electrons. The van der Waals surface area contributed by atoms with Gasteiger partial charge in [-0.1, -0.05) is 92.7 Å². The van der Waals surface area contributed by atoms with Crippen molar-refractivity contribution in [2.75, 3.05) is 0 Å². The van der Waals surface area contributed by atoms with Crippen LogP contribution in [0.1, 0.15) is 25.3 Å². The van der Waals surface area contributed by atoms with Crippen LogP contribution in [0.3, 0.4) is 0 Å². The second-order valence-corrected chi connectivity index (χ2v) is 7.36. The fraction of sp³-hybridized carbons (Fsp3) is 0.111. The smallest absolute Gasteiger partial charge is 0.139 e. The molecule has 0 heterocycles. The van der Waals surface area contributed by atoms with E-state index in [0.29, 0.717) is 0 Å². The van der Waals surface area contributed by atoms with E-state index in [1.54, 1.807) is 0 Å². The molecule has 29 heavy (non-hydrogen) atoms. The second kappa shape index (κ2) is 8.24. The van der Waals surface area contributed by atoms with Gasteiger partial charge in [0.1, 0.15) is 17.2 Å². The topological polar surface area (TPSA) is 29.5 Å². The number of aromatic hydroxyl groups is 1. The zero-order valence-corrected chi connectivity index (χ0v) is 16.7. The fourth-order valence-corrected chi connectivity index (χ4v) is 3.68. The molecule has 4 aromatic carbocycles. The molecule has 0 radical (unpaired) electrons. The van der Waals surface area contributed by atoms with Crippen molar-refractivity contribution in [3.8, 4) is 39.5 Å². The van der Waals surface area contributed by atoms with Gasteiger partial charge in [-0.25, -0.2) is 0 Å². The predicted molar refractivity (Wildman–Crippen MR) is 120 cm³/mol. The van der Waals surface area contributed by atoms with Crippen molar-refractivity contribution in [3.63, 3.8) is 0 Å². The third kappa shape index (κ3) is 3.88. The van der Waals surface area contributed by atoms with Gasteiger partial charge in [0, 0.05) is 16.7 Å². The number of phenolic OH excluding ortho intramolecular Hbond substituents is 1. The Morgan fingerprint density at radius 2 is 1.21 bits per heavy atom. The van der Waals surface area contributed by atoms with E-state index in [9.17, 15) is 5.11 Å². The lowest BCUT2D eigenvalue weighted by Gasteiger charge is -2.23. The highest BCUT2D eigenvalue weighted by Gasteiger charge is 2.24. The minimum atomic E-state index is 0.151. The largest absolute Gasteiger partial charge is 0.507 e. The number of benzene rings is 4. The zero-order chi connectivity index (χ0) is 20.2. The van der Waals surface area contributed by atoms with E-state index in [2.05, 4.69) is 13.8 Å². The summed E-state index contributed by atoms with van der Waals surface area (Å²) >= 11 is 0. The van der Waals surface area contributed by atoms with Crippen molar-refractivity contribution < 1.29 is 9.84 Å². The Hall–Kier alpha value is -3.52. The van der Waals surface area contributed by atoms with Crippen LogP contribution < -0.4 is 4.74 Å². The molecule has 2 nitrogen and oxygen atoms in total. The molecule has 0 aromatic heterocycles. The first kappa shape index (κ1) is 18.8. The van der Waals surface area contributed by atoms with Crippen molar-refractivity contribution in [3.05, 3.63) is 103 Å². The van der Waals surface area contributed by atoms with Crippen molar-refractivity contribution in [2.45, 2.75) is 19.8 Å². The highest BCUT2D eigenvalue weighted by Crippen LogP contribution is 2.48. The van der Waals surface area contributed by atoms with Crippen LogP contribution in [-0.4, -0.2) is 5.11 Å². The maximum Gasteiger partial charge on any atom is 0.139 e. The fourth-order valence-electron chi connectivity index (χ4n) is 3.68. The molecular formula is C27H24O2. The van der Waals surface area contributed by atoms with Gasteiger partial charge < -0.3 is 9.84 Å². The Morgan fingerprint density at radius 3 is 1.76 bits per heavy atom. The van der Waals surface area contributed by atoms with Gasteiger partial charge >= 0.3 is 0 Å². The van der Waals surface area contributed by atoms with Gasteiger partial charge in [-0.3, -0.25) is 0 Å². The van der Waals surface area contributed by atoms with Gasteiger partial charge in [0.05, 0.1) is 0 Å². The van der Waals surface area contributed by atoms with Gasteiger partial charge in [-0.2, -0.15) is 0 Å². The first-order valence-electron chi connectivity index (χ1n) is 9.88. The molecule has 0 saturated carbocycles. The zero-order valence-electron chi connectivity index (χ0n) is 16.7. The van der Waals surface area contributed by atoms with E-state index in [4.69, 9.17) is 4.74 Å². The summed E-state index contributed by atoms with van der Waals surface area (Å²) in [5.41, 5.74) is 4.70. The molecule has 2 heteroatoms. The van der Waals surface area contributed by atoms with E-state index in [0.717, 1.165) is 39.3 Å². The Kier molecular flexibility index (Phi) is 5.35. The molecule has 0 spiro atoms. The number of hydrogen-bond donors (Lipinski definition) is 1. The molecule has 0 aliphatic heterocycles. The summed E-state index contributed by atoms with van der Waals surface area (Å²) in [6.45, 7) is 4.27. The van der Waals surface area contributed by atoms with Crippen molar-refractivity contribution in [2.24, 2.45) is 0 Å². The Morgan fingerprint density at radius 1 is 0.690 bits per heavy atom. The average molecular weight is 380 g/mol. The van der Waals surface area contributed by atoms with Crippen LogP contribution in [-0.2, 0) is 0 Å². The Labute approximate surface area is 172 Å². The molecule has 0 amide bonds. The SMILES string of the molecule is CC(C)c1c(Oc2ccccc2)c(-c2ccccc2)cc(O)c1-c1ccccc1. The van der Waals surface area contributed by atoms with E-state index >= 15 is 0 Å².